The van der Waals surface area contributed by atoms with E-state index in [0.29, 0.717) is 17.6 Å². The topological polar surface area (TPSA) is 90.8 Å². The SMILES string of the molecule is CC(CN1CCCCC1)Oc1nc(N2C3CCC2C(NC(=O)O)C3)c2cc(Cl)c(Br)c(F)c2n1. The monoisotopic (exact) mass is 555 g/mol. The molecule has 0 spiro atoms. The fraction of sp³-hybridized carbons (Fsp3) is 0.609. The van der Waals surface area contributed by atoms with E-state index < -0.39 is 11.9 Å². The minimum Gasteiger partial charge on any atom is -0.465 e. The Kier molecular flexibility index (Phi) is 6.74. The van der Waals surface area contributed by atoms with Gasteiger partial charge in [0.15, 0.2) is 5.82 Å². The van der Waals surface area contributed by atoms with Crippen molar-refractivity contribution in [2.45, 2.75) is 69.7 Å². The molecule has 3 aliphatic heterocycles. The maximum Gasteiger partial charge on any atom is 0.404 e. The Balaban J connectivity index is 1.50. The zero-order valence-corrected chi connectivity index (χ0v) is 21.3. The van der Waals surface area contributed by atoms with Crippen LogP contribution in [0.15, 0.2) is 10.5 Å². The lowest BCUT2D eigenvalue weighted by molar-refractivity contribution is 0.123. The van der Waals surface area contributed by atoms with Gasteiger partial charge in [0.2, 0.25) is 0 Å². The predicted octanol–water partition coefficient (Wildman–Crippen LogP) is 4.82. The van der Waals surface area contributed by atoms with Crippen molar-refractivity contribution in [1.29, 1.82) is 0 Å². The Hall–Kier alpha value is -1.91. The lowest BCUT2D eigenvalue weighted by Crippen LogP contribution is -2.43. The van der Waals surface area contributed by atoms with Gasteiger partial charge in [0, 0.05) is 18.0 Å². The lowest BCUT2D eigenvalue weighted by atomic mass is 9.96. The first kappa shape index (κ1) is 23.8. The molecule has 4 heterocycles. The molecule has 2 bridgehead atoms. The number of carboxylic acid groups (broad SMARTS) is 1. The van der Waals surface area contributed by atoms with E-state index in [1.165, 1.54) is 19.3 Å². The van der Waals surface area contributed by atoms with Crippen molar-refractivity contribution in [2.24, 2.45) is 0 Å². The number of hydrogen-bond acceptors (Lipinski definition) is 6. The van der Waals surface area contributed by atoms with E-state index >= 15 is 4.39 Å². The minimum absolute atomic E-state index is 0.0664. The Labute approximate surface area is 210 Å². The Morgan fingerprint density at radius 1 is 1.35 bits per heavy atom. The third kappa shape index (κ3) is 4.52. The number of carbonyl (C=O) groups is 1. The second-order valence-corrected chi connectivity index (χ2v) is 10.7. The molecule has 1 aromatic carbocycles. The van der Waals surface area contributed by atoms with Gasteiger partial charge in [0.25, 0.3) is 0 Å². The zero-order valence-electron chi connectivity index (χ0n) is 18.9. The molecular weight excluding hydrogens is 529 g/mol. The summed E-state index contributed by atoms with van der Waals surface area (Å²) < 4.78 is 21.5. The van der Waals surface area contributed by atoms with Gasteiger partial charge in [-0.1, -0.05) is 18.0 Å². The van der Waals surface area contributed by atoms with Crippen molar-refractivity contribution in [3.05, 3.63) is 21.4 Å². The van der Waals surface area contributed by atoms with Crippen LogP contribution in [0, 0.1) is 5.82 Å². The van der Waals surface area contributed by atoms with Gasteiger partial charge in [-0.2, -0.15) is 9.97 Å². The summed E-state index contributed by atoms with van der Waals surface area (Å²) in [6, 6.07) is 1.61. The van der Waals surface area contributed by atoms with Gasteiger partial charge in [0.1, 0.15) is 17.4 Å². The van der Waals surface area contributed by atoms with Crippen molar-refractivity contribution in [3.63, 3.8) is 0 Å². The normalized spacial score (nSPS) is 25.6. The van der Waals surface area contributed by atoms with E-state index in [2.05, 4.69) is 36.0 Å². The molecular formula is C23H28BrClFN5O3. The van der Waals surface area contributed by atoms with Crippen LogP contribution in [0.1, 0.15) is 45.4 Å². The highest BCUT2D eigenvalue weighted by molar-refractivity contribution is 9.10. The molecule has 4 atom stereocenters. The van der Waals surface area contributed by atoms with Gasteiger partial charge >= 0.3 is 12.1 Å². The quantitative estimate of drug-likeness (QED) is 0.493. The number of nitrogens with one attached hydrogen (secondary N) is 1. The van der Waals surface area contributed by atoms with E-state index in [0.717, 1.165) is 32.5 Å². The van der Waals surface area contributed by atoms with Gasteiger partial charge in [-0.05, 0) is 74.1 Å². The number of fused-ring (bicyclic) bond motifs is 3. The average Bonchev–Trinajstić information content (AvgIpc) is 3.35. The Morgan fingerprint density at radius 2 is 2.12 bits per heavy atom. The number of ether oxygens (including phenoxy) is 1. The highest BCUT2D eigenvalue weighted by Crippen LogP contribution is 2.44. The third-order valence-electron chi connectivity index (χ3n) is 7.15. The summed E-state index contributed by atoms with van der Waals surface area (Å²) in [5, 5.41) is 12.6. The van der Waals surface area contributed by atoms with Crippen LogP contribution in [-0.2, 0) is 0 Å². The van der Waals surface area contributed by atoms with Gasteiger partial charge < -0.3 is 20.1 Å². The van der Waals surface area contributed by atoms with Crippen LogP contribution in [0.25, 0.3) is 10.9 Å². The van der Waals surface area contributed by atoms with E-state index in [1.54, 1.807) is 6.07 Å². The second kappa shape index (κ2) is 9.62. The second-order valence-electron chi connectivity index (χ2n) is 9.50. The van der Waals surface area contributed by atoms with E-state index in [-0.39, 0.29) is 45.3 Å². The van der Waals surface area contributed by atoms with Crippen LogP contribution in [0.3, 0.4) is 0 Å². The number of amides is 1. The molecule has 3 aliphatic rings. The summed E-state index contributed by atoms with van der Waals surface area (Å²) in [7, 11) is 0. The number of aromatic nitrogens is 2. The molecule has 3 fully saturated rings. The van der Waals surface area contributed by atoms with Crippen molar-refractivity contribution >= 4 is 50.3 Å². The van der Waals surface area contributed by atoms with E-state index in [1.807, 2.05) is 6.92 Å². The summed E-state index contributed by atoms with van der Waals surface area (Å²) >= 11 is 9.52. The van der Waals surface area contributed by atoms with E-state index in [4.69, 9.17) is 21.3 Å². The van der Waals surface area contributed by atoms with E-state index in [9.17, 15) is 9.90 Å². The van der Waals surface area contributed by atoms with Gasteiger partial charge in [0.05, 0.1) is 21.6 Å². The molecule has 5 rings (SSSR count). The van der Waals surface area contributed by atoms with Crippen LogP contribution in [0.5, 0.6) is 6.01 Å². The number of benzene rings is 1. The standard InChI is InChI=1S/C23H28BrClFN5O3/c1-12(11-30-7-3-2-4-8-30)34-22-28-20-14(10-15(25)18(24)19(20)26)21(29-22)31-13-5-6-17(31)16(9-13)27-23(32)33/h10,12-13,16-17,27H,2-9,11H2,1H3,(H,32,33). The highest BCUT2D eigenvalue weighted by Gasteiger charge is 2.48. The van der Waals surface area contributed by atoms with Crippen molar-refractivity contribution < 1.29 is 19.0 Å². The molecule has 184 valence electrons. The first-order chi connectivity index (χ1) is 16.3. The molecule has 0 radical (unpaired) electrons. The number of rotatable bonds is 6. The summed E-state index contributed by atoms with van der Waals surface area (Å²) in [4.78, 5) is 24.9. The van der Waals surface area contributed by atoms with Crippen molar-refractivity contribution in [2.75, 3.05) is 24.5 Å². The van der Waals surface area contributed by atoms with Crippen LogP contribution in [0.4, 0.5) is 15.0 Å². The summed E-state index contributed by atoms with van der Waals surface area (Å²) in [5.41, 5.74) is 0.135. The van der Waals surface area contributed by atoms with Crippen molar-refractivity contribution in [3.8, 4) is 6.01 Å². The first-order valence-electron chi connectivity index (χ1n) is 11.8. The van der Waals surface area contributed by atoms with Crippen LogP contribution in [-0.4, -0.2) is 69.9 Å². The molecule has 11 heteroatoms. The fourth-order valence-corrected chi connectivity index (χ4v) is 6.24. The first-order valence-corrected chi connectivity index (χ1v) is 13.0. The van der Waals surface area contributed by atoms with Crippen LogP contribution in [0.2, 0.25) is 5.02 Å². The number of likely N-dealkylation sites (tertiary alicyclic amines) is 1. The molecule has 1 aromatic heterocycles. The number of piperidine rings is 1. The fourth-order valence-electron chi connectivity index (χ4n) is 5.74. The number of halogens is 3. The number of nitrogens with zero attached hydrogens (tertiary/aromatic N) is 4. The summed E-state index contributed by atoms with van der Waals surface area (Å²) in [5.74, 6) is -0.0212. The lowest BCUT2D eigenvalue weighted by Gasteiger charge is -2.29. The smallest absolute Gasteiger partial charge is 0.404 e. The van der Waals surface area contributed by atoms with Crippen molar-refractivity contribution in [1.82, 2.24) is 20.2 Å². The largest absolute Gasteiger partial charge is 0.465 e. The number of anilines is 1. The van der Waals surface area contributed by atoms with Gasteiger partial charge in [-0.3, -0.25) is 4.90 Å². The third-order valence-corrected chi connectivity index (χ3v) is 8.45. The number of hydrogen-bond donors (Lipinski definition) is 2. The van der Waals surface area contributed by atoms with Crippen LogP contribution >= 0.6 is 27.5 Å². The molecule has 3 saturated heterocycles. The average molecular weight is 557 g/mol. The van der Waals surface area contributed by atoms with Crippen LogP contribution < -0.4 is 15.0 Å². The molecule has 34 heavy (non-hydrogen) atoms. The minimum atomic E-state index is -1.04. The van der Waals surface area contributed by atoms with Gasteiger partial charge in [-0.15, -0.1) is 0 Å². The molecule has 0 aliphatic carbocycles. The molecule has 0 saturated carbocycles. The maximum absolute atomic E-state index is 15.3. The highest BCUT2D eigenvalue weighted by atomic mass is 79.9. The van der Waals surface area contributed by atoms with Gasteiger partial charge in [-0.25, -0.2) is 9.18 Å². The Morgan fingerprint density at radius 3 is 2.85 bits per heavy atom. The summed E-state index contributed by atoms with van der Waals surface area (Å²) in [6.45, 7) is 4.82. The zero-order chi connectivity index (χ0) is 24.0. The predicted molar refractivity (Wildman–Crippen MR) is 131 cm³/mol. The Bertz CT molecular complexity index is 1100. The molecule has 2 aromatic rings. The molecule has 8 nitrogen and oxygen atoms in total. The maximum atomic E-state index is 15.3. The molecule has 4 unspecified atom stereocenters. The molecule has 1 amide bonds. The summed E-state index contributed by atoms with van der Waals surface area (Å²) in [6.07, 6.45) is 4.85. The molecule has 2 N–H and O–H groups in total.